The average Bonchev–Trinajstić information content (AvgIpc) is 1.68. The molecule has 0 saturated heterocycles. The molecule has 0 aromatic heterocycles. The summed E-state index contributed by atoms with van der Waals surface area (Å²) in [4.78, 5) is 11.6. The zero-order chi connectivity index (χ0) is 5.91. The third-order valence-electron chi connectivity index (χ3n) is 0.861. The lowest BCUT2D eigenvalue weighted by Crippen LogP contribution is -2.47. The van der Waals surface area contributed by atoms with Gasteiger partial charge in [-0.05, 0) is 13.6 Å². The van der Waals surface area contributed by atoms with Crippen LogP contribution in [0.1, 0.15) is 0 Å². The molecule has 0 bridgehead atoms. The van der Waals surface area contributed by atoms with Crippen LogP contribution < -0.4 is 4.98 Å². The monoisotopic (exact) mass is 121 g/mol. The second-order valence-electron chi connectivity index (χ2n) is 1.44. The van der Waals surface area contributed by atoms with Crippen LogP contribution in [0.25, 0.3) is 0 Å². The van der Waals surface area contributed by atoms with Crippen molar-refractivity contribution in [2.24, 2.45) is 0 Å². The fourth-order valence-electron chi connectivity index (χ4n) is 0.102. The lowest BCUT2D eigenvalue weighted by molar-refractivity contribution is 0.285. The molecule has 0 aliphatic carbocycles. The van der Waals surface area contributed by atoms with Crippen molar-refractivity contribution in [3.63, 3.8) is 0 Å². The lowest BCUT2D eigenvalue weighted by atomic mass is 11.6. The number of nitrogens with one attached hydrogen (secondary N) is 1. The fraction of sp³-hybridized carbons (Fsp3) is 1.00. The van der Waals surface area contributed by atoms with Gasteiger partial charge in [-0.15, -0.1) is 0 Å². The van der Waals surface area contributed by atoms with Gasteiger partial charge < -0.3 is 9.22 Å². The minimum absolute atomic E-state index is 1.49. The normalized spacial score (nSPS) is 18.9. The molecule has 4 heteroatoms. The van der Waals surface area contributed by atoms with E-state index in [-0.39, 0.29) is 0 Å². The highest BCUT2D eigenvalue weighted by molar-refractivity contribution is 6.61. The number of hydrogen-bond donors (Lipinski definition) is 2. The SMILES string of the molecule is CN[Si](C)(O)OC. The molecule has 0 aliphatic rings. The van der Waals surface area contributed by atoms with Crippen molar-refractivity contribution in [2.75, 3.05) is 14.2 Å². The Morgan fingerprint density at radius 3 is 2.14 bits per heavy atom. The molecule has 0 fully saturated rings. The number of hydrogen-bond acceptors (Lipinski definition) is 3. The first kappa shape index (κ1) is 7.10. The van der Waals surface area contributed by atoms with Crippen LogP contribution >= 0.6 is 0 Å². The largest absolute Gasteiger partial charge is 0.418 e. The molecule has 0 radical (unpaired) electrons. The van der Waals surface area contributed by atoms with Crippen LogP contribution in [-0.4, -0.2) is 27.7 Å². The van der Waals surface area contributed by atoms with Gasteiger partial charge >= 0.3 is 8.72 Å². The summed E-state index contributed by atoms with van der Waals surface area (Å²) in [6.07, 6.45) is 0. The Morgan fingerprint density at radius 1 is 1.71 bits per heavy atom. The first-order chi connectivity index (χ1) is 3.12. The Bertz CT molecular complexity index is 50.9. The summed E-state index contributed by atoms with van der Waals surface area (Å²) >= 11 is 0. The Hall–Kier alpha value is 0.0969. The van der Waals surface area contributed by atoms with Crippen molar-refractivity contribution in [1.29, 1.82) is 0 Å². The molecule has 0 aromatic rings. The Labute approximate surface area is 44.6 Å². The second kappa shape index (κ2) is 2.42. The predicted octanol–water partition coefficient (Wildman–Crippen LogP) is -0.587. The summed E-state index contributed by atoms with van der Waals surface area (Å²) in [6, 6.07) is 0. The van der Waals surface area contributed by atoms with E-state index in [1.807, 2.05) is 0 Å². The van der Waals surface area contributed by atoms with Crippen LogP contribution in [-0.2, 0) is 4.43 Å². The van der Waals surface area contributed by atoms with E-state index in [2.05, 4.69) is 9.41 Å². The predicted molar refractivity (Wildman–Crippen MR) is 29.9 cm³/mol. The second-order valence-corrected chi connectivity index (χ2v) is 4.31. The summed E-state index contributed by atoms with van der Waals surface area (Å²) in [6.45, 7) is 1.66. The maximum atomic E-state index is 8.94. The summed E-state index contributed by atoms with van der Waals surface area (Å²) in [5, 5.41) is 0. The van der Waals surface area contributed by atoms with Crippen LogP contribution in [0.2, 0.25) is 6.55 Å². The van der Waals surface area contributed by atoms with Gasteiger partial charge in [0.15, 0.2) is 0 Å². The standard InChI is InChI=1S/C3H11NO2Si/c1-4-7(3,5)6-2/h4-5H,1-3H3. The third-order valence-corrected chi connectivity index (χ3v) is 2.58. The zero-order valence-electron chi connectivity index (χ0n) is 4.86. The van der Waals surface area contributed by atoms with Crippen molar-refractivity contribution in [3.05, 3.63) is 0 Å². The van der Waals surface area contributed by atoms with Gasteiger partial charge in [0.05, 0.1) is 0 Å². The highest BCUT2D eigenvalue weighted by Crippen LogP contribution is 1.86. The van der Waals surface area contributed by atoms with E-state index in [4.69, 9.17) is 4.80 Å². The smallest absolute Gasteiger partial charge is 0.399 e. The molecule has 0 rings (SSSR count). The molecule has 2 N–H and O–H groups in total. The van der Waals surface area contributed by atoms with Crippen molar-refractivity contribution < 1.29 is 9.22 Å². The Balaban J connectivity index is 3.36. The van der Waals surface area contributed by atoms with Gasteiger partial charge in [0.25, 0.3) is 0 Å². The van der Waals surface area contributed by atoms with Gasteiger partial charge in [-0.1, -0.05) is 0 Å². The van der Waals surface area contributed by atoms with E-state index in [0.29, 0.717) is 0 Å². The van der Waals surface area contributed by atoms with Crippen molar-refractivity contribution in [3.8, 4) is 0 Å². The lowest BCUT2D eigenvalue weighted by Gasteiger charge is -2.13. The van der Waals surface area contributed by atoms with Crippen molar-refractivity contribution >= 4 is 8.72 Å². The third kappa shape index (κ3) is 2.75. The average molecular weight is 121 g/mol. The molecule has 0 heterocycles. The van der Waals surface area contributed by atoms with Gasteiger partial charge in [0, 0.05) is 7.11 Å². The van der Waals surface area contributed by atoms with Gasteiger partial charge in [0.1, 0.15) is 0 Å². The van der Waals surface area contributed by atoms with Crippen molar-refractivity contribution in [2.45, 2.75) is 6.55 Å². The molecular weight excluding hydrogens is 110 g/mol. The van der Waals surface area contributed by atoms with Crippen LogP contribution in [0.4, 0.5) is 0 Å². The minimum atomic E-state index is -2.40. The molecule has 0 aliphatic heterocycles. The molecule has 1 unspecified atom stereocenters. The summed E-state index contributed by atoms with van der Waals surface area (Å²) < 4.78 is 4.67. The molecule has 44 valence electrons. The maximum absolute atomic E-state index is 8.94. The fourth-order valence-corrected chi connectivity index (χ4v) is 0.306. The van der Waals surface area contributed by atoms with Gasteiger partial charge in [-0.25, -0.2) is 0 Å². The van der Waals surface area contributed by atoms with E-state index in [0.717, 1.165) is 0 Å². The molecular formula is C3H11NO2Si. The molecule has 3 nitrogen and oxygen atoms in total. The maximum Gasteiger partial charge on any atom is 0.418 e. The summed E-state index contributed by atoms with van der Waals surface area (Å²) in [5.41, 5.74) is 0. The van der Waals surface area contributed by atoms with E-state index < -0.39 is 8.72 Å². The van der Waals surface area contributed by atoms with Crippen LogP contribution in [0.3, 0.4) is 0 Å². The quantitative estimate of drug-likeness (QED) is 0.480. The molecule has 0 aromatic carbocycles. The van der Waals surface area contributed by atoms with Crippen LogP contribution in [0, 0.1) is 0 Å². The van der Waals surface area contributed by atoms with Gasteiger partial charge in [-0.3, -0.25) is 4.98 Å². The van der Waals surface area contributed by atoms with Gasteiger partial charge in [0.2, 0.25) is 0 Å². The molecule has 1 atom stereocenters. The summed E-state index contributed by atoms with van der Waals surface area (Å²) in [5.74, 6) is 0. The molecule has 0 spiro atoms. The minimum Gasteiger partial charge on any atom is -0.399 e. The van der Waals surface area contributed by atoms with E-state index in [1.165, 1.54) is 7.11 Å². The first-order valence-corrected chi connectivity index (χ1v) is 4.44. The zero-order valence-corrected chi connectivity index (χ0v) is 5.86. The van der Waals surface area contributed by atoms with Crippen molar-refractivity contribution in [1.82, 2.24) is 4.98 Å². The molecule has 0 amide bonds. The van der Waals surface area contributed by atoms with E-state index in [9.17, 15) is 0 Å². The Morgan fingerprint density at radius 2 is 2.14 bits per heavy atom. The van der Waals surface area contributed by atoms with Gasteiger partial charge in [-0.2, -0.15) is 0 Å². The first-order valence-electron chi connectivity index (χ1n) is 2.09. The highest BCUT2D eigenvalue weighted by Gasteiger charge is 2.21. The van der Waals surface area contributed by atoms with E-state index in [1.54, 1.807) is 13.6 Å². The molecule has 0 saturated carbocycles. The highest BCUT2D eigenvalue weighted by atomic mass is 28.4. The Kier molecular flexibility index (Phi) is 2.45. The number of rotatable bonds is 2. The van der Waals surface area contributed by atoms with E-state index >= 15 is 0 Å². The molecule has 7 heavy (non-hydrogen) atoms. The topological polar surface area (TPSA) is 41.5 Å². The summed E-state index contributed by atoms with van der Waals surface area (Å²) in [7, 11) is 0.764. The van der Waals surface area contributed by atoms with Crippen LogP contribution in [0.15, 0.2) is 0 Å². The van der Waals surface area contributed by atoms with Crippen LogP contribution in [0.5, 0.6) is 0 Å².